The largest absolute Gasteiger partial charge is 0.297 e. The molecule has 0 amide bonds. The van der Waals surface area contributed by atoms with Gasteiger partial charge in [0.2, 0.25) is 0 Å². The minimum Gasteiger partial charge on any atom is -0.297 e. The molecule has 2 heterocycles. The molecule has 1 aliphatic rings. The number of aryl methyl sites for hydroxylation is 1. The molecule has 116 valence electrons. The third-order valence-corrected chi connectivity index (χ3v) is 5.28. The van der Waals surface area contributed by atoms with Gasteiger partial charge in [-0.2, -0.15) is 0 Å². The number of hydrogen-bond donors (Lipinski definition) is 0. The van der Waals surface area contributed by atoms with Gasteiger partial charge >= 0.3 is 0 Å². The highest BCUT2D eigenvalue weighted by Gasteiger charge is 2.16. The molecule has 0 N–H and O–H groups in total. The second-order valence-corrected chi connectivity index (χ2v) is 6.92. The standard InChI is InChI=1S/C19H24N2S/c1-17-9-15-22-19(17)16-21-13-11-20(12-14-21)10-5-8-18-6-3-2-4-7-18/h2-9,15H,10-14,16H2,1H3/b8-5+. The van der Waals surface area contributed by atoms with Crippen LogP contribution in [-0.4, -0.2) is 42.5 Å². The summed E-state index contributed by atoms with van der Waals surface area (Å²) in [5.41, 5.74) is 2.73. The van der Waals surface area contributed by atoms with Gasteiger partial charge in [0.15, 0.2) is 0 Å². The lowest BCUT2D eigenvalue weighted by molar-refractivity contribution is 0.138. The van der Waals surface area contributed by atoms with Gasteiger partial charge in [-0.3, -0.25) is 9.80 Å². The zero-order valence-corrected chi connectivity index (χ0v) is 14.1. The summed E-state index contributed by atoms with van der Waals surface area (Å²) < 4.78 is 0. The van der Waals surface area contributed by atoms with E-state index >= 15 is 0 Å². The van der Waals surface area contributed by atoms with Gasteiger partial charge in [-0.25, -0.2) is 0 Å². The van der Waals surface area contributed by atoms with Gasteiger partial charge < -0.3 is 0 Å². The first-order valence-electron chi connectivity index (χ1n) is 8.00. The molecule has 1 aromatic carbocycles. The van der Waals surface area contributed by atoms with Crippen molar-refractivity contribution in [2.45, 2.75) is 13.5 Å². The summed E-state index contributed by atoms with van der Waals surface area (Å²) in [6.45, 7) is 9.09. The molecule has 0 bridgehead atoms. The molecule has 0 unspecified atom stereocenters. The fraction of sp³-hybridized carbons (Fsp3) is 0.368. The van der Waals surface area contributed by atoms with Crippen molar-refractivity contribution in [1.82, 2.24) is 9.80 Å². The van der Waals surface area contributed by atoms with Crippen molar-refractivity contribution in [3.63, 3.8) is 0 Å². The van der Waals surface area contributed by atoms with Crippen LogP contribution in [0.4, 0.5) is 0 Å². The second-order valence-electron chi connectivity index (χ2n) is 5.92. The monoisotopic (exact) mass is 312 g/mol. The molecule has 0 spiro atoms. The highest BCUT2D eigenvalue weighted by atomic mass is 32.1. The number of thiophene rings is 1. The van der Waals surface area contributed by atoms with Crippen LogP contribution in [0.3, 0.4) is 0 Å². The number of hydrogen-bond acceptors (Lipinski definition) is 3. The molecule has 0 atom stereocenters. The van der Waals surface area contributed by atoms with Crippen LogP contribution in [-0.2, 0) is 6.54 Å². The molecular weight excluding hydrogens is 288 g/mol. The lowest BCUT2D eigenvalue weighted by Crippen LogP contribution is -2.45. The normalized spacial score (nSPS) is 17.3. The molecule has 3 rings (SSSR count). The molecule has 0 radical (unpaired) electrons. The average molecular weight is 312 g/mol. The molecule has 0 saturated carbocycles. The Balaban J connectivity index is 1.42. The summed E-state index contributed by atoms with van der Waals surface area (Å²) in [5.74, 6) is 0. The summed E-state index contributed by atoms with van der Waals surface area (Å²) in [4.78, 5) is 6.64. The molecular formula is C19H24N2S. The van der Waals surface area contributed by atoms with Crippen molar-refractivity contribution in [3.05, 3.63) is 63.9 Å². The quantitative estimate of drug-likeness (QED) is 0.826. The highest BCUT2D eigenvalue weighted by molar-refractivity contribution is 7.10. The Morgan fingerprint density at radius 1 is 1.00 bits per heavy atom. The van der Waals surface area contributed by atoms with Gasteiger partial charge in [0.1, 0.15) is 0 Å². The molecule has 3 heteroatoms. The molecule has 0 aliphatic carbocycles. The number of benzene rings is 1. The van der Waals surface area contributed by atoms with Crippen LogP contribution in [0.5, 0.6) is 0 Å². The van der Waals surface area contributed by atoms with E-state index < -0.39 is 0 Å². The van der Waals surface area contributed by atoms with Gasteiger partial charge in [-0.15, -0.1) is 11.3 Å². The van der Waals surface area contributed by atoms with Gasteiger partial charge in [0, 0.05) is 44.1 Å². The fourth-order valence-electron chi connectivity index (χ4n) is 2.80. The van der Waals surface area contributed by atoms with Crippen molar-refractivity contribution < 1.29 is 0 Å². The van der Waals surface area contributed by atoms with Crippen LogP contribution in [0, 0.1) is 6.92 Å². The van der Waals surface area contributed by atoms with E-state index in [-0.39, 0.29) is 0 Å². The summed E-state index contributed by atoms with van der Waals surface area (Å²) in [5, 5.41) is 2.20. The van der Waals surface area contributed by atoms with Crippen molar-refractivity contribution >= 4 is 17.4 Å². The molecule has 1 aliphatic heterocycles. The Bertz CT molecular complexity index is 595. The molecule has 1 saturated heterocycles. The second kappa shape index (κ2) is 7.73. The van der Waals surface area contributed by atoms with Crippen LogP contribution < -0.4 is 0 Å². The van der Waals surface area contributed by atoms with Crippen molar-refractivity contribution in [1.29, 1.82) is 0 Å². The number of rotatable bonds is 5. The summed E-state index contributed by atoms with van der Waals surface area (Å²) in [6.07, 6.45) is 4.51. The Morgan fingerprint density at radius 3 is 2.41 bits per heavy atom. The van der Waals surface area contributed by atoms with E-state index in [1.54, 1.807) is 0 Å². The number of piperazine rings is 1. The first kappa shape index (κ1) is 15.5. The van der Waals surface area contributed by atoms with Crippen LogP contribution in [0.15, 0.2) is 47.9 Å². The summed E-state index contributed by atoms with van der Waals surface area (Å²) in [7, 11) is 0. The minimum absolute atomic E-state index is 1.06. The zero-order valence-electron chi connectivity index (χ0n) is 13.2. The van der Waals surface area contributed by atoms with E-state index in [4.69, 9.17) is 0 Å². The Hall–Kier alpha value is -1.42. The molecule has 1 fully saturated rings. The predicted molar refractivity (Wildman–Crippen MR) is 96.2 cm³/mol. The summed E-state index contributed by atoms with van der Waals surface area (Å²) in [6, 6.07) is 12.8. The van der Waals surface area contributed by atoms with E-state index in [1.807, 2.05) is 11.3 Å². The van der Waals surface area contributed by atoms with Crippen molar-refractivity contribution in [2.75, 3.05) is 32.7 Å². The van der Waals surface area contributed by atoms with Crippen molar-refractivity contribution in [2.24, 2.45) is 0 Å². The van der Waals surface area contributed by atoms with E-state index in [0.29, 0.717) is 0 Å². The summed E-state index contributed by atoms with van der Waals surface area (Å²) >= 11 is 1.89. The third kappa shape index (κ3) is 4.29. The molecule has 2 nitrogen and oxygen atoms in total. The predicted octanol–water partition coefficient (Wildman–Crippen LogP) is 3.89. The van der Waals surface area contributed by atoms with Gasteiger partial charge in [0.05, 0.1) is 0 Å². The SMILES string of the molecule is Cc1ccsc1CN1CCN(C/C=C/c2ccccc2)CC1. The maximum absolute atomic E-state index is 2.58. The maximum atomic E-state index is 2.58. The minimum atomic E-state index is 1.06. The van der Waals surface area contributed by atoms with Gasteiger partial charge in [0.25, 0.3) is 0 Å². The molecule has 22 heavy (non-hydrogen) atoms. The fourth-order valence-corrected chi connectivity index (χ4v) is 3.75. The zero-order chi connectivity index (χ0) is 15.2. The van der Waals surface area contributed by atoms with E-state index in [0.717, 1.165) is 13.1 Å². The topological polar surface area (TPSA) is 6.48 Å². The Morgan fingerprint density at radius 2 is 1.73 bits per heavy atom. The smallest absolute Gasteiger partial charge is 0.0331 e. The van der Waals surface area contributed by atoms with Crippen LogP contribution >= 0.6 is 11.3 Å². The lowest BCUT2D eigenvalue weighted by Gasteiger charge is -2.34. The average Bonchev–Trinajstić information content (AvgIpc) is 2.95. The number of nitrogens with zero attached hydrogens (tertiary/aromatic N) is 2. The molecule has 2 aromatic rings. The van der Waals surface area contributed by atoms with Crippen molar-refractivity contribution in [3.8, 4) is 0 Å². The maximum Gasteiger partial charge on any atom is 0.0331 e. The van der Waals surface area contributed by atoms with E-state index in [9.17, 15) is 0 Å². The van der Waals surface area contributed by atoms with Crippen LogP contribution in [0.2, 0.25) is 0 Å². The van der Waals surface area contributed by atoms with E-state index in [1.165, 1.54) is 42.2 Å². The lowest BCUT2D eigenvalue weighted by atomic mass is 10.2. The van der Waals surface area contributed by atoms with Crippen LogP contribution in [0.25, 0.3) is 6.08 Å². The Labute approximate surface area is 137 Å². The van der Waals surface area contributed by atoms with Crippen LogP contribution in [0.1, 0.15) is 16.0 Å². The van der Waals surface area contributed by atoms with E-state index in [2.05, 4.69) is 70.7 Å². The Kier molecular flexibility index (Phi) is 5.43. The first-order valence-corrected chi connectivity index (χ1v) is 8.88. The molecule has 1 aromatic heterocycles. The van der Waals surface area contributed by atoms with Gasteiger partial charge in [-0.1, -0.05) is 42.5 Å². The highest BCUT2D eigenvalue weighted by Crippen LogP contribution is 2.18. The first-order chi connectivity index (χ1) is 10.8. The third-order valence-electron chi connectivity index (χ3n) is 4.27. The van der Waals surface area contributed by atoms with Gasteiger partial charge in [-0.05, 0) is 29.5 Å².